The van der Waals surface area contributed by atoms with Gasteiger partial charge in [0.25, 0.3) is 0 Å². The van der Waals surface area contributed by atoms with E-state index in [1.165, 1.54) is 0 Å². The number of nitrogens with one attached hydrogen (secondary N) is 1. The maximum absolute atomic E-state index is 11.0. The third-order valence-corrected chi connectivity index (χ3v) is 3.80. The predicted octanol–water partition coefficient (Wildman–Crippen LogP) is 3.71. The molecule has 0 bridgehead atoms. The fraction of sp³-hybridized carbons (Fsp3) is 0.133. The first-order valence-corrected chi connectivity index (χ1v) is 7.09. The van der Waals surface area contributed by atoms with E-state index < -0.39 is 5.97 Å². The zero-order valence-electron chi connectivity index (χ0n) is 10.6. The molecule has 1 aliphatic rings. The molecule has 0 saturated heterocycles. The Hall–Kier alpha value is -2.01. The van der Waals surface area contributed by atoms with E-state index in [1.807, 2.05) is 24.3 Å². The van der Waals surface area contributed by atoms with Gasteiger partial charge in [0.15, 0.2) is 0 Å². The number of carbonyl (C=O) groups is 1. The van der Waals surface area contributed by atoms with Gasteiger partial charge in [0.1, 0.15) is 0 Å². The molecular formula is C15H13BrN2O2. The molecule has 0 spiro atoms. The van der Waals surface area contributed by atoms with Crippen molar-refractivity contribution in [2.45, 2.75) is 0 Å². The minimum absolute atomic E-state index is 0.298. The Kier molecular flexibility index (Phi) is 3.36. The largest absolute Gasteiger partial charge is 0.478 e. The van der Waals surface area contributed by atoms with E-state index in [1.54, 1.807) is 12.1 Å². The number of hydrogen-bond acceptors (Lipinski definition) is 3. The van der Waals surface area contributed by atoms with Crippen molar-refractivity contribution in [3.05, 3.63) is 52.5 Å². The van der Waals surface area contributed by atoms with Gasteiger partial charge < -0.3 is 15.3 Å². The number of halogens is 1. The Morgan fingerprint density at radius 1 is 1.25 bits per heavy atom. The fourth-order valence-corrected chi connectivity index (χ4v) is 2.77. The number of rotatable bonds is 2. The highest BCUT2D eigenvalue weighted by molar-refractivity contribution is 9.10. The summed E-state index contributed by atoms with van der Waals surface area (Å²) in [4.78, 5) is 13.2. The molecule has 0 amide bonds. The van der Waals surface area contributed by atoms with Crippen molar-refractivity contribution in [3.8, 4) is 0 Å². The smallest absolute Gasteiger partial charge is 0.335 e. The maximum Gasteiger partial charge on any atom is 0.335 e. The molecule has 2 aromatic rings. The number of carboxylic acid groups (broad SMARTS) is 1. The van der Waals surface area contributed by atoms with Crippen LogP contribution in [0.5, 0.6) is 0 Å². The number of benzene rings is 2. The number of nitrogens with zero attached hydrogens (tertiary/aromatic N) is 1. The van der Waals surface area contributed by atoms with Gasteiger partial charge in [-0.3, -0.25) is 0 Å². The van der Waals surface area contributed by atoms with Gasteiger partial charge in [-0.2, -0.15) is 0 Å². The number of fused-ring (bicyclic) bond motifs is 1. The lowest BCUT2D eigenvalue weighted by Crippen LogP contribution is -2.30. The van der Waals surface area contributed by atoms with E-state index in [0.29, 0.717) is 5.56 Å². The topological polar surface area (TPSA) is 52.6 Å². The van der Waals surface area contributed by atoms with Crippen molar-refractivity contribution < 1.29 is 9.90 Å². The van der Waals surface area contributed by atoms with Crippen LogP contribution in [0.15, 0.2) is 46.9 Å². The van der Waals surface area contributed by atoms with Gasteiger partial charge in [0.05, 0.1) is 16.9 Å². The van der Waals surface area contributed by atoms with E-state index >= 15 is 0 Å². The average molecular weight is 333 g/mol. The lowest BCUT2D eigenvalue weighted by atomic mass is 10.1. The molecule has 2 N–H and O–H groups in total. The zero-order valence-corrected chi connectivity index (χ0v) is 12.2. The third-order valence-electron chi connectivity index (χ3n) is 3.31. The van der Waals surface area contributed by atoms with Crippen molar-refractivity contribution in [1.29, 1.82) is 0 Å². The van der Waals surface area contributed by atoms with E-state index in [-0.39, 0.29) is 0 Å². The zero-order chi connectivity index (χ0) is 14.1. The van der Waals surface area contributed by atoms with Crippen LogP contribution in [0.3, 0.4) is 0 Å². The Morgan fingerprint density at radius 2 is 2.10 bits per heavy atom. The molecule has 3 rings (SSSR count). The van der Waals surface area contributed by atoms with Crippen LogP contribution in [0.2, 0.25) is 0 Å². The molecule has 1 aliphatic heterocycles. The van der Waals surface area contributed by atoms with Gasteiger partial charge >= 0.3 is 5.97 Å². The molecule has 5 heteroatoms. The number of anilines is 3. The van der Waals surface area contributed by atoms with E-state index in [9.17, 15) is 4.79 Å². The molecule has 0 unspecified atom stereocenters. The molecule has 0 aliphatic carbocycles. The first-order chi connectivity index (χ1) is 9.65. The Balaban J connectivity index is 2.04. The summed E-state index contributed by atoms with van der Waals surface area (Å²) in [5, 5.41) is 12.3. The van der Waals surface area contributed by atoms with Gasteiger partial charge in [-0.1, -0.05) is 22.0 Å². The molecule has 0 radical (unpaired) electrons. The van der Waals surface area contributed by atoms with Crippen LogP contribution in [-0.4, -0.2) is 24.2 Å². The Bertz CT molecular complexity index is 673. The summed E-state index contributed by atoms with van der Waals surface area (Å²) >= 11 is 3.48. The van der Waals surface area contributed by atoms with Crippen molar-refractivity contribution in [2.24, 2.45) is 0 Å². The lowest BCUT2D eigenvalue weighted by molar-refractivity contribution is 0.0697. The molecule has 0 saturated carbocycles. The molecule has 0 fully saturated rings. The minimum Gasteiger partial charge on any atom is -0.478 e. The molecule has 0 atom stereocenters. The van der Waals surface area contributed by atoms with Crippen molar-refractivity contribution in [2.75, 3.05) is 23.3 Å². The van der Waals surface area contributed by atoms with Gasteiger partial charge in [-0.15, -0.1) is 0 Å². The van der Waals surface area contributed by atoms with Crippen molar-refractivity contribution in [3.63, 3.8) is 0 Å². The summed E-state index contributed by atoms with van der Waals surface area (Å²) in [5.41, 5.74) is 3.24. The molecule has 2 aromatic carbocycles. The van der Waals surface area contributed by atoms with E-state index in [2.05, 4.69) is 32.2 Å². The highest BCUT2D eigenvalue weighted by Gasteiger charge is 2.19. The molecule has 1 heterocycles. The molecule has 102 valence electrons. The van der Waals surface area contributed by atoms with Gasteiger partial charge in [-0.05, 0) is 36.4 Å². The van der Waals surface area contributed by atoms with Crippen LogP contribution in [0, 0.1) is 0 Å². The quantitative estimate of drug-likeness (QED) is 0.880. The SMILES string of the molecule is O=C(O)c1ccc2c(c1)NCCN2c1cccc(Br)c1. The van der Waals surface area contributed by atoms with Gasteiger partial charge in [-0.25, -0.2) is 4.79 Å². The average Bonchev–Trinajstić information content (AvgIpc) is 2.46. The summed E-state index contributed by atoms with van der Waals surface area (Å²) in [5.74, 6) is -0.908. The summed E-state index contributed by atoms with van der Waals surface area (Å²) in [7, 11) is 0. The lowest BCUT2D eigenvalue weighted by Gasteiger charge is -2.32. The first-order valence-electron chi connectivity index (χ1n) is 6.29. The minimum atomic E-state index is -0.908. The Morgan fingerprint density at radius 3 is 2.85 bits per heavy atom. The highest BCUT2D eigenvalue weighted by Crippen LogP contribution is 2.36. The second kappa shape index (κ2) is 5.17. The van der Waals surface area contributed by atoms with Gasteiger partial charge in [0.2, 0.25) is 0 Å². The standard InChI is InChI=1S/C15H13BrN2O2/c16-11-2-1-3-12(9-11)18-7-6-17-13-8-10(15(19)20)4-5-14(13)18/h1-5,8-9,17H,6-7H2,(H,19,20). The normalized spacial score (nSPS) is 13.6. The maximum atomic E-state index is 11.0. The second-order valence-electron chi connectivity index (χ2n) is 4.60. The third kappa shape index (κ3) is 2.36. The molecule has 0 aromatic heterocycles. The van der Waals surface area contributed by atoms with E-state index in [0.717, 1.165) is 34.6 Å². The summed E-state index contributed by atoms with van der Waals surface area (Å²) in [6.45, 7) is 1.62. The van der Waals surface area contributed by atoms with Crippen LogP contribution < -0.4 is 10.2 Å². The summed E-state index contributed by atoms with van der Waals surface area (Å²) in [6, 6.07) is 13.3. The van der Waals surface area contributed by atoms with E-state index in [4.69, 9.17) is 5.11 Å². The number of aromatic carboxylic acids is 1. The van der Waals surface area contributed by atoms with Crippen LogP contribution in [0.1, 0.15) is 10.4 Å². The van der Waals surface area contributed by atoms with Crippen molar-refractivity contribution in [1.82, 2.24) is 0 Å². The number of carboxylic acids is 1. The fourth-order valence-electron chi connectivity index (χ4n) is 2.38. The molecular weight excluding hydrogens is 320 g/mol. The molecule has 4 nitrogen and oxygen atoms in total. The Labute approximate surface area is 125 Å². The summed E-state index contributed by atoms with van der Waals surface area (Å²) < 4.78 is 1.03. The monoisotopic (exact) mass is 332 g/mol. The van der Waals surface area contributed by atoms with Crippen LogP contribution in [-0.2, 0) is 0 Å². The second-order valence-corrected chi connectivity index (χ2v) is 5.51. The highest BCUT2D eigenvalue weighted by atomic mass is 79.9. The first kappa shape index (κ1) is 13.0. The van der Waals surface area contributed by atoms with Crippen LogP contribution >= 0.6 is 15.9 Å². The molecule has 20 heavy (non-hydrogen) atoms. The van der Waals surface area contributed by atoms with Gasteiger partial charge in [0, 0.05) is 23.2 Å². The van der Waals surface area contributed by atoms with Crippen LogP contribution in [0.4, 0.5) is 17.1 Å². The number of hydrogen-bond donors (Lipinski definition) is 2. The summed E-state index contributed by atoms with van der Waals surface area (Å²) in [6.07, 6.45) is 0. The predicted molar refractivity (Wildman–Crippen MR) is 83.0 cm³/mol. The van der Waals surface area contributed by atoms with Crippen LogP contribution in [0.25, 0.3) is 0 Å². The van der Waals surface area contributed by atoms with Crippen molar-refractivity contribution >= 4 is 39.0 Å².